The van der Waals surface area contributed by atoms with Gasteiger partial charge in [0.1, 0.15) is 0 Å². The molecule has 24 heavy (non-hydrogen) atoms. The molecule has 0 saturated heterocycles. The molecule has 0 aliphatic heterocycles. The molecule has 0 spiro atoms. The monoisotopic (exact) mass is 546 g/mol. The van der Waals surface area contributed by atoms with Gasteiger partial charge < -0.3 is 0 Å². The van der Waals surface area contributed by atoms with E-state index in [-0.39, 0.29) is 10.7 Å². The Kier molecular flexibility index (Phi) is 16.6. The van der Waals surface area contributed by atoms with Gasteiger partial charge in [-0.05, 0) is 5.92 Å². The minimum absolute atomic E-state index is 0.130. The molecule has 0 aliphatic rings. The van der Waals surface area contributed by atoms with E-state index < -0.39 is 7.82 Å². The minimum atomic E-state index is -4.30. The summed E-state index contributed by atoms with van der Waals surface area (Å²) in [6.45, 7) is 4.73. The summed E-state index contributed by atoms with van der Waals surface area (Å²) in [7, 11) is -4.30. The number of unbranched alkanes of at least 4 members (excludes halogenated alkanes) is 10. The van der Waals surface area contributed by atoms with E-state index >= 15 is 0 Å². The number of hydrogen-bond acceptors (Lipinski definition) is 2. The molecule has 1 atom stereocenters. The van der Waals surface area contributed by atoms with Crippen LogP contribution in [0.25, 0.3) is 0 Å². The first-order valence-electron chi connectivity index (χ1n) is 9.61. The number of phosphoric ester groups is 1. The summed E-state index contributed by atoms with van der Waals surface area (Å²) < 4.78 is 15.3. The molecule has 0 aromatic rings. The predicted molar refractivity (Wildman–Crippen MR) is 96.6 cm³/mol. The van der Waals surface area contributed by atoms with Crippen LogP contribution in [0, 0.1) is 5.92 Å². The van der Waals surface area contributed by atoms with E-state index in [1.54, 1.807) is 0 Å². The Labute approximate surface area is 161 Å². The van der Waals surface area contributed by atoms with E-state index in [9.17, 15) is 4.57 Å². The summed E-state index contributed by atoms with van der Waals surface area (Å²) in [6.07, 6.45) is 16.9. The average molecular weight is 546 g/mol. The molecule has 0 rings (SSSR count). The van der Waals surface area contributed by atoms with Crippen molar-refractivity contribution in [2.45, 2.75) is 101 Å². The second-order valence-corrected chi connectivity index (χ2v) is 10.2. The van der Waals surface area contributed by atoms with E-state index in [0.717, 1.165) is 18.8 Å². The van der Waals surface area contributed by atoms with Crippen molar-refractivity contribution in [3.8, 4) is 0 Å². The Hall–Kier alpha value is 0.850. The fourth-order valence-corrected chi connectivity index (χ4v) is 4.02. The van der Waals surface area contributed by atoms with Crippen LogP contribution in [-0.2, 0) is 30.2 Å². The third-order valence-electron chi connectivity index (χ3n) is 4.19. The summed E-state index contributed by atoms with van der Waals surface area (Å²) in [5.41, 5.74) is 0. The molecule has 0 bridgehead atoms. The molecule has 0 amide bonds. The molecule has 0 aromatic carbocycles. The van der Waals surface area contributed by atoms with Gasteiger partial charge in [-0.15, -0.1) is 0 Å². The first-order chi connectivity index (χ1) is 11.3. The fourth-order valence-electron chi connectivity index (χ4n) is 2.75. The molecule has 0 aliphatic carbocycles. The SMILES string of the molecule is CC(C)CCCCCCCCCCCCC[CH]([Au])COP(=O)(O)O. The van der Waals surface area contributed by atoms with Crippen molar-refractivity contribution in [2.75, 3.05) is 6.61 Å². The maximum atomic E-state index is 10.6. The van der Waals surface area contributed by atoms with E-state index in [4.69, 9.17) is 9.79 Å². The maximum absolute atomic E-state index is 10.6. The molecule has 4 nitrogen and oxygen atoms in total. The van der Waals surface area contributed by atoms with Gasteiger partial charge in [0.2, 0.25) is 0 Å². The van der Waals surface area contributed by atoms with E-state index in [1.165, 1.54) is 70.6 Å². The molecule has 0 aromatic heterocycles. The summed E-state index contributed by atoms with van der Waals surface area (Å²) in [5.74, 6) is 0.852. The molecule has 0 heterocycles. The van der Waals surface area contributed by atoms with Gasteiger partial charge in [-0.1, -0.05) is 26.7 Å². The van der Waals surface area contributed by atoms with E-state index in [2.05, 4.69) is 39.4 Å². The number of hydrogen-bond donors (Lipinski definition) is 2. The van der Waals surface area contributed by atoms with Crippen molar-refractivity contribution in [2.24, 2.45) is 5.92 Å². The van der Waals surface area contributed by atoms with Gasteiger partial charge in [-0.3, -0.25) is 0 Å². The van der Waals surface area contributed by atoms with Gasteiger partial charge in [0, 0.05) is 0 Å². The van der Waals surface area contributed by atoms with Crippen molar-refractivity contribution in [1.82, 2.24) is 0 Å². The van der Waals surface area contributed by atoms with Gasteiger partial charge >= 0.3 is 129 Å². The molecule has 6 heteroatoms. The van der Waals surface area contributed by atoms with Crippen molar-refractivity contribution in [1.29, 1.82) is 0 Å². The second-order valence-electron chi connectivity index (χ2n) is 7.18. The van der Waals surface area contributed by atoms with Crippen LogP contribution < -0.4 is 0 Å². The van der Waals surface area contributed by atoms with Crippen LogP contribution in [0.15, 0.2) is 0 Å². The normalized spacial score (nSPS) is 13.6. The van der Waals surface area contributed by atoms with Crippen LogP contribution in [0.1, 0.15) is 97.3 Å². The van der Waals surface area contributed by atoms with Crippen molar-refractivity contribution >= 4 is 7.82 Å². The third-order valence-corrected chi connectivity index (χ3v) is 5.66. The quantitative estimate of drug-likeness (QED) is 0.130. The Morgan fingerprint density at radius 3 is 1.54 bits per heavy atom. The van der Waals surface area contributed by atoms with Crippen LogP contribution in [-0.4, -0.2) is 16.4 Å². The van der Waals surface area contributed by atoms with E-state index in [0.29, 0.717) is 0 Å². The van der Waals surface area contributed by atoms with Crippen LogP contribution in [0.4, 0.5) is 0 Å². The van der Waals surface area contributed by atoms with Gasteiger partial charge in [0.05, 0.1) is 0 Å². The van der Waals surface area contributed by atoms with Gasteiger partial charge in [-0.2, -0.15) is 0 Å². The zero-order valence-corrected chi connectivity index (χ0v) is 18.6. The van der Waals surface area contributed by atoms with Crippen LogP contribution in [0.3, 0.4) is 0 Å². The Balaban J connectivity index is 3.19. The Morgan fingerprint density at radius 2 is 1.17 bits per heavy atom. The van der Waals surface area contributed by atoms with Crippen molar-refractivity contribution in [3.05, 3.63) is 0 Å². The van der Waals surface area contributed by atoms with Crippen LogP contribution >= 0.6 is 7.82 Å². The summed E-state index contributed by atoms with van der Waals surface area (Å²) in [5, 5.41) is 0. The molecule has 1 unspecified atom stereocenters. The molecule has 0 radical (unpaired) electrons. The summed E-state index contributed by atoms with van der Waals surface area (Å²) in [4.78, 5) is 17.3. The molecule has 2 N–H and O–H groups in total. The molecule has 0 fully saturated rings. The Bertz CT molecular complexity index is 320. The topological polar surface area (TPSA) is 66.8 Å². The summed E-state index contributed by atoms with van der Waals surface area (Å²) >= 11 is 2.40. The van der Waals surface area contributed by atoms with Crippen molar-refractivity contribution < 1.29 is 39.9 Å². The second kappa shape index (κ2) is 16.1. The Morgan fingerprint density at radius 1 is 0.792 bits per heavy atom. The zero-order chi connectivity index (χ0) is 18.3. The predicted octanol–water partition coefficient (Wildman–Crippen LogP) is 6.16. The van der Waals surface area contributed by atoms with Crippen LogP contribution in [0.2, 0.25) is 4.14 Å². The molecular formula is C18H38AuO4P. The fraction of sp³-hybridized carbons (Fsp3) is 1.00. The first kappa shape index (κ1) is 24.9. The van der Waals surface area contributed by atoms with Gasteiger partial charge in [0.25, 0.3) is 0 Å². The van der Waals surface area contributed by atoms with Crippen LogP contribution in [0.5, 0.6) is 0 Å². The van der Waals surface area contributed by atoms with Gasteiger partial charge in [0.15, 0.2) is 0 Å². The van der Waals surface area contributed by atoms with Gasteiger partial charge in [-0.25, -0.2) is 0 Å². The standard InChI is InChI=1S/C18H38O4P.Au/c1-18(2)16-14-12-10-8-6-4-3-5-7-9-11-13-15-17-22-23(19,20)21;/h15,18H,3-14,16-17H2,1-2H3,(H2,19,20,21);. The van der Waals surface area contributed by atoms with Crippen molar-refractivity contribution in [3.63, 3.8) is 0 Å². The molecular weight excluding hydrogens is 508 g/mol. The third kappa shape index (κ3) is 20.9. The molecule has 150 valence electrons. The summed E-state index contributed by atoms with van der Waals surface area (Å²) in [6, 6.07) is 0. The average Bonchev–Trinajstić information content (AvgIpc) is 2.48. The van der Waals surface area contributed by atoms with E-state index in [1.807, 2.05) is 0 Å². The number of rotatable bonds is 17. The first-order valence-corrected chi connectivity index (χ1v) is 12.4. The molecule has 0 saturated carbocycles. The number of phosphoric acid groups is 1. The zero-order valence-electron chi connectivity index (χ0n) is 15.5.